The summed E-state index contributed by atoms with van der Waals surface area (Å²) in [7, 11) is 1.79. The summed E-state index contributed by atoms with van der Waals surface area (Å²) < 4.78 is 5.31. The van der Waals surface area contributed by atoms with Crippen LogP contribution in [0.3, 0.4) is 0 Å². The monoisotopic (exact) mass is 173 g/mol. The standard InChI is InChI=1S/C9H19NO2/c1-3-12-10-8-5-4-6-9(7-8)11-2/h8-10H,3-7H2,1-2H3. The van der Waals surface area contributed by atoms with Crippen LogP contribution < -0.4 is 5.48 Å². The van der Waals surface area contributed by atoms with Crippen molar-refractivity contribution in [3.63, 3.8) is 0 Å². The molecule has 0 spiro atoms. The van der Waals surface area contributed by atoms with Crippen molar-refractivity contribution < 1.29 is 9.57 Å². The molecule has 0 aromatic heterocycles. The fraction of sp³-hybridized carbons (Fsp3) is 1.00. The van der Waals surface area contributed by atoms with E-state index in [0.29, 0.717) is 12.1 Å². The average Bonchev–Trinajstić information content (AvgIpc) is 2.15. The number of ether oxygens (including phenoxy) is 1. The minimum atomic E-state index is 0.428. The van der Waals surface area contributed by atoms with E-state index in [2.05, 4.69) is 5.48 Å². The molecule has 2 unspecified atom stereocenters. The van der Waals surface area contributed by atoms with Gasteiger partial charge < -0.3 is 9.57 Å². The molecule has 0 heterocycles. The molecule has 1 aliphatic carbocycles. The maximum absolute atomic E-state index is 5.31. The summed E-state index contributed by atoms with van der Waals surface area (Å²) in [5.74, 6) is 0. The van der Waals surface area contributed by atoms with Gasteiger partial charge in [-0.05, 0) is 32.6 Å². The molecule has 12 heavy (non-hydrogen) atoms. The predicted octanol–water partition coefficient (Wildman–Crippen LogP) is 1.49. The lowest BCUT2D eigenvalue weighted by molar-refractivity contribution is -0.0152. The number of hydrogen-bond acceptors (Lipinski definition) is 3. The summed E-state index contributed by atoms with van der Waals surface area (Å²) in [6.45, 7) is 2.72. The SMILES string of the molecule is CCONC1CCCC(OC)C1. The van der Waals surface area contributed by atoms with Crippen LogP contribution in [-0.2, 0) is 9.57 Å². The minimum Gasteiger partial charge on any atom is -0.381 e. The first kappa shape index (κ1) is 9.96. The van der Waals surface area contributed by atoms with Crippen molar-refractivity contribution in [2.75, 3.05) is 13.7 Å². The molecule has 0 aliphatic heterocycles. The van der Waals surface area contributed by atoms with E-state index in [0.717, 1.165) is 13.0 Å². The van der Waals surface area contributed by atoms with Gasteiger partial charge in [0.25, 0.3) is 0 Å². The Kier molecular flexibility index (Phi) is 4.58. The minimum absolute atomic E-state index is 0.428. The van der Waals surface area contributed by atoms with Crippen LogP contribution in [0.25, 0.3) is 0 Å². The molecule has 3 nitrogen and oxygen atoms in total. The third-order valence-electron chi connectivity index (χ3n) is 2.35. The quantitative estimate of drug-likeness (QED) is 0.653. The molecule has 72 valence electrons. The van der Waals surface area contributed by atoms with Gasteiger partial charge in [-0.3, -0.25) is 0 Å². The Labute approximate surface area is 74.4 Å². The topological polar surface area (TPSA) is 30.5 Å². The molecule has 0 radical (unpaired) electrons. The van der Waals surface area contributed by atoms with Crippen LogP contribution in [0.2, 0.25) is 0 Å². The van der Waals surface area contributed by atoms with E-state index < -0.39 is 0 Å². The van der Waals surface area contributed by atoms with Gasteiger partial charge in [-0.2, -0.15) is 5.48 Å². The summed E-state index contributed by atoms with van der Waals surface area (Å²) >= 11 is 0. The second-order valence-electron chi connectivity index (χ2n) is 3.27. The molecule has 3 heteroatoms. The maximum atomic E-state index is 5.31. The largest absolute Gasteiger partial charge is 0.381 e. The summed E-state index contributed by atoms with van der Waals surface area (Å²) in [6, 6.07) is 0.489. The maximum Gasteiger partial charge on any atom is 0.0654 e. The fourth-order valence-corrected chi connectivity index (χ4v) is 1.67. The van der Waals surface area contributed by atoms with Crippen LogP contribution >= 0.6 is 0 Å². The van der Waals surface area contributed by atoms with Crippen LogP contribution in [-0.4, -0.2) is 25.9 Å². The lowest BCUT2D eigenvalue weighted by atomic mass is 9.93. The Morgan fingerprint density at radius 2 is 2.25 bits per heavy atom. The fourth-order valence-electron chi connectivity index (χ4n) is 1.67. The van der Waals surface area contributed by atoms with Gasteiger partial charge in [0.2, 0.25) is 0 Å². The number of hydroxylamine groups is 1. The van der Waals surface area contributed by atoms with Crippen molar-refractivity contribution in [3.8, 4) is 0 Å². The van der Waals surface area contributed by atoms with Gasteiger partial charge in [0, 0.05) is 13.2 Å². The van der Waals surface area contributed by atoms with Crippen LogP contribution in [0.4, 0.5) is 0 Å². The third-order valence-corrected chi connectivity index (χ3v) is 2.35. The van der Waals surface area contributed by atoms with Crippen molar-refractivity contribution in [2.45, 2.75) is 44.8 Å². The molecule has 1 aliphatic rings. The van der Waals surface area contributed by atoms with Gasteiger partial charge in [0.15, 0.2) is 0 Å². The van der Waals surface area contributed by atoms with E-state index in [1.165, 1.54) is 19.3 Å². The van der Waals surface area contributed by atoms with Gasteiger partial charge in [0.1, 0.15) is 0 Å². The highest BCUT2D eigenvalue weighted by Gasteiger charge is 2.21. The zero-order valence-electron chi connectivity index (χ0n) is 8.01. The molecule has 1 N–H and O–H groups in total. The Bertz CT molecular complexity index is 119. The summed E-state index contributed by atoms with van der Waals surface area (Å²) in [4.78, 5) is 5.16. The molecule has 1 rings (SSSR count). The van der Waals surface area contributed by atoms with E-state index in [1.54, 1.807) is 7.11 Å². The van der Waals surface area contributed by atoms with Gasteiger partial charge >= 0.3 is 0 Å². The third kappa shape index (κ3) is 3.09. The molecule has 0 saturated heterocycles. The van der Waals surface area contributed by atoms with Crippen molar-refractivity contribution in [3.05, 3.63) is 0 Å². The molecular weight excluding hydrogens is 154 g/mol. The Balaban J connectivity index is 2.16. The first-order valence-corrected chi connectivity index (χ1v) is 4.77. The molecule has 1 saturated carbocycles. The molecule has 0 amide bonds. The Morgan fingerprint density at radius 3 is 2.92 bits per heavy atom. The van der Waals surface area contributed by atoms with Crippen LogP contribution in [0, 0.1) is 0 Å². The first-order valence-electron chi connectivity index (χ1n) is 4.77. The zero-order chi connectivity index (χ0) is 8.81. The molecule has 2 atom stereocenters. The van der Waals surface area contributed by atoms with Crippen molar-refractivity contribution in [1.82, 2.24) is 5.48 Å². The molecular formula is C9H19NO2. The molecule has 0 bridgehead atoms. The van der Waals surface area contributed by atoms with E-state index in [4.69, 9.17) is 9.57 Å². The summed E-state index contributed by atoms with van der Waals surface area (Å²) in [6.07, 6.45) is 5.15. The second-order valence-corrected chi connectivity index (χ2v) is 3.27. The van der Waals surface area contributed by atoms with Crippen LogP contribution in [0.5, 0.6) is 0 Å². The number of methoxy groups -OCH3 is 1. The summed E-state index contributed by atoms with van der Waals surface area (Å²) in [5, 5.41) is 0. The smallest absolute Gasteiger partial charge is 0.0654 e. The van der Waals surface area contributed by atoms with Crippen LogP contribution in [0.1, 0.15) is 32.6 Å². The zero-order valence-corrected chi connectivity index (χ0v) is 8.01. The highest BCUT2D eigenvalue weighted by atomic mass is 16.6. The predicted molar refractivity (Wildman–Crippen MR) is 47.8 cm³/mol. The number of rotatable bonds is 4. The highest BCUT2D eigenvalue weighted by molar-refractivity contribution is 4.75. The average molecular weight is 173 g/mol. The van der Waals surface area contributed by atoms with E-state index >= 15 is 0 Å². The normalized spacial score (nSPS) is 30.5. The van der Waals surface area contributed by atoms with Crippen LogP contribution in [0.15, 0.2) is 0 Å². The Hall–Kier alpha value is -0.120. The Morgan fingerprint density at radius 1 is 1.42 bits per heavy atom. The van der Waals surface area contributed by atoms with Crippen molar-refractivity contribution in [1.29, 1.82) is 0 Å². The van der Waals surface area contributed by atoms with Crippen molar-refractivity contribution in [2.24, 2.45) is 0 Å². The molecule has 0 aromatic carbocycles. The lowest BCUT2D eigenvalue weighted by Gasteiger charge is -2.28. The van der Waals surface area contributed by atoms with E-state index in [9.17, 15) is 0 Å². The van der Waals surface area contributed by atoms with E-state index in [-0.39, 0.29) is 0 Å². The molecule has 1 fully saturated rings. The van der Waals surface area contributed by atoms with Gasteiger partial charge in [-0.15, -0.1) is 0 Å². The number of nitrogens with one attached hydrogen (secondary N) is 1. The highest BCUT2D eigenvalue weighted by Crippen LogP contribution is 2.20. The van der Waals surface area contributed by atoms with Gasteiger partial charge in [-0.25, -0.2) is 0 Å². The lowest BCUT2D eigenvalue weighted by Crippen LogP contribution is -2.36. The summed E-state index contributed by atoms with van der Waals surface area (Å²) in [5.41, 5.74) is 3.06. The van der Waals surface area contributed by atoms with Gasteiger partial charge in [0.05, 0.1) is 12.7 Å². The van der Waals surface area contributed by atoms with Crippen molar-refractivity contribution >= 4 is 0 Å². The molecule has 0 aromatic rings. The van der Waals surface area contributed by atoms with Gasteiger partial charge in [-0.1, -0.05) is 0 Å². The van der Waals surface area contributed by atoms with E-state index in [1.807, 2.05) is 6.92 Å². The second kappa shape index (κ2) is 5.51. The first-order chi connectivity index (χ1) is 5.86. The number of hydrogen-bond donors (Lipinski definition) is 1.